The minimum Gasteiger partial charge on any atom is -0.342 e. The van der Waals surface area contributed by atoms with Gasteiger partial charge in [0.1, 0.15) is 0 Å². The first-order chi connectivity index (χ1) is 12.4. The van der Waals surface area contributed by atoms with Crippen LogP contribution < -0.4 is 5.32 Å². The number of aromatic nitrogens is 2. The molecule has 1 fully saturated rings. The second kappa shape index (κ2) is 7.80. The van der Waals surface area contributed by atoms with E-state index in [-0.39, 0.29) is 5.91 Å². The third-order valence-electron chi connectivity index (χ3n) is 5.30. The Kier molecular flexibility index (Phi) is 5.68. The van der Waals surface area contributed by atoms with E-state index in [4.69, 9.17) is 11.6 Å². The SMILES string of the molecule is CNCC1CCN(C(=O)Cc2c(C)nn(-c3ccc(C)c(Cl)c3)c2C)C1. The zero-order valence-electron chi connectivity index (χ0n) is 16.0. The third kappa shape index (κ3) is 3.79. The van der Waals surface area contributed by atoms with Crippen LogP contribution in [0, 0.1) is 26.7 Å². The van der Waals surface area contributed by atoms with Crippen molar-refractivity contribution < 1.29 is 4.79 Å². The highest BCUT2D eigenvalue weighted by Gasteiger charge is 2.27. The number of amides is 1. The number of nitrogens with zero attached hydrogens (tertiary/aromatic N) is 3. The lowest BCUT2D eigenvalue weighted by atomic mass is 10.1. The van der Waals surface area contributed by atoms with Crippen LogP contribution >= 0.6 is 11.6 Å². The van der Waals surface area contributed by atoms with E-state index in [0.29, 0.717) is 12.3 Å². The summed E-state index contributed by atoms with van der Waals surface area (Å²) >= 11 is 6.27. The average Bonchev–Trinajstić information content (AvgIpc) is 3.18. The Morgan fingerprint density at radius 2 is 2.12 bits per heavy atom. The number of carbonyl (C=O) groups is 1. The van der Waals surface area contributed by atoms with Crippen molar-refractivity contribution in [2.24, 2.45) is 5.92 Å². The van der Waals surface area contributed by atoms with Gasteiger partial charge in [0.2, 0.25) is 5.91 Å². The number of halogens is 1. The summed E-state index contributed by atoms with van der Waals surface area (Å²) in [6.07, 6.45) is 1.48. The lowest BCUT2D eigenvalue weighted by Gasteiger charge is -2.17. The monoisotopic (exact) mass is 374 g/mol. The van der Waals surface area contributed by atoms with Gasteiger partial charge in [-0.15, -0.1) is 0 Å². The number of benzene rings is 1. The standard InChI is InChI=1S/C20H27ClN4O/c1-13-5-6-17(9-19(13)21)25-15(3)18(14(2)23-25)10-20(26)24-8-7-16(12-24)11-22-4/h5-6,9,16,22H,7-8,10-12H2,1-4H3. The molecule has 1 aromatic heterocycles. The third-order valence-corrected chi connectivity index (χ3v) is 5.71. The van der Waals surface area contributed by atoms with Gasteiger partial charge in [-0.05, 0) is 64.4 Å². The molecule has 1 unspecified atom stereocenters. The molecule has 0 saturated carbocycles. The number of rotatable bonds is 5. The Bertz CT molecular complexity index is 814. The van der Waals surface area contributed by atoms with E-state index in [1.165, 1.54) is 0 Å². The maximum absolute atomic E-state index is 12.8. The zero-order chi connectivity index (χ0) is 18.8. The molecule has 1 aliphatic rings. The van der Waals surface area contributed by atoms with Gasteiger partial charge >= 0.3 is 0 Å². The Morgan fingerprint density at radius 1 is 1.35 bits per heavy atom. The van der Waals surface area contributed by atoms with Crippen molar-refractivity contribution in [3.8, 4) is 5.69 Å². The molecule has 0 spiro atoms. The topological polar surface area (TPSA) is 50.2 Å². The van der Waals surface area contributed by atoms with Crippen LogP contribution in [-0.4, -0.2) is 47.3 Å². The minimum atomic E-state index is 0.191. The molecule has 1 atom stereocenters. The minimum absolute atomic E-state index is 0.191. The van der Waals surface area contributed by atoms with Gasteiger partial charge in [0, 0.05) is 29.4 Å². The van der Waals surface area contributed by atoms with Gasteiger partial charge in [-0.25, -0.2) is 4.68 Å². The molecule has 0 bridgehead atoms. The fraction of sp³-hybridized carbons (Fsp3) is 0.500. The molecular formula is C20H27ClN4O. The first-order valence-corrected chi connectivity index (χ1v) is 9.52. The first-order valence-electron chi connectivity index (χ1n) is 9.14. The first kappa shape index (κ1) is 18.9. The molecule has 5 nitrogen and oxygen atoms in total. The van der Waals surface area contributed by atoms with E-state index in [0.717, 1.165) is 59.3 Å². The molecule has 26 heavy (non-hydrogen) atoms. The molecule has 0 radical (unpaired) electrons. The lowest BCUT2D eigenvalue weighted by molar-refractivity contribution is -0.129. The second-order valence-corrected chi connectivity index (χ2v) is 7.63. The van der Waals surface area contributed by atoms with E-state index in [1.807, 2.05) is 55.6 Å². The molecule has 140 valence electrons. The lowest BCUT2D eigenvalue weighted by Crippen LogP contribution is -2.31. The molecular weight excluding hydrogens is 348 g/mol. The molecule has 1 amide bonds. The summed E-state index contributed by atoms with van der Waals surface area (Å²) in [5.74, 6) is 0.750. The number of aryl methyl sites for hydroxylation is 2. The Morgan fingerprint density at radius 3 is 2.81 bits per heavy atom. The second-order valence-electron chi connectivity index (χ2n) is 7.22. The highest BCUT2D eigenvalue weighted by Crippen LogP contribution is 2.24. The number of nitrogens with one attached hydrogen (secondary N) is 1. The van der Waals surface area contributed by atoms with Crippen LogP contribution in [0.2, 0.25) is 5.02 Å². The Hall–Kier alpha value is -1.85. The smallest absolute Gasteiger partial charge is 0.227 e. The van der Waals surface area contributed by atoms with Crippen LogP contribution in [0.4, 0.5) is 0 Å². The van der Waals surface area contributed by atoms with Crippen LogP contribution in [0.15, 0.2) is 18.2 Å². The number of likely N-dealkylation sites (tertiary alicyclic amines) is 1. The van der Waals surface area contributed by atoms with Crippen molar-refractivity contribution in [3.05, 3.63) is 45.7 Å². The van der Waals surface area contributed by atoms with Gasteiger partial charge in [-0.1, -0.05) is 17.7 Å². The molecule has 6 heteroatoms. The zero-order valence-corrected chi connectivity index (χ0v) is 16.7. The van der Waals surface area contributed by atoms with Gasteiger partial charge in [0.05, 0.1) is 17.8 Å². The molecule has 1 N–H and O–H groups in total. The highest BCUT2D eigenvalue weighted by atomic mass is 35.5. The maximum Gasteiger partial charge on any atom is 0.227 e. The van der Waals surface area contributed by atoms with E-state index in [9.17, 15) is 4.79 Å². The van der Waals surface area contributed by atoms with Crippen molar-refractivity contribution in [3.63, 3.8) is 0 Å². The predicted molar refractivity (Wildman–Crippen MR) is 105 cm³/mol. The van der Waals surface area contributed by atoms with Crippen molar-refractivity contribution >= 4 is 17.5 Å². The fourth-order valence-electron chi connectivity index (χ4n) is 3.67. The molecule has 1 saturated heterocycles. The normalized spacial score (nSPS) is 17.1. The largest absolute Gasteiger partial charge is 0.342 e. The summed E-state index contributed by atoms with van der Waals surface area (Å²) in [6.45, 7) is 8.63. The van der Waals surface area contributed by atoms with E-state index in [2.05, 4.69) is 10.4 Å². The van der Waals surface area contributed by atoms with Crippen LogP contribution in [0.25, 0.3) is 5.69 Å². The van der Waals surface area contributed by atoms with Crippen LogP contribution in [0.1, 0.15) is 28.9 Å². The summed E-state index contributed by atoms with van der Waals surface area (Å²) in [5, 5.41) is 8.58. The molecule has 2 aromatic rings. The van der Waals surface area contributed by atoms with E-state index >= 15 is 0 Å². The van der Waals surface area contributed by atoms with Crippen LogP contribution in [0.3, 0.4) is 0 Å². The maximum atomic E-state index is 12.8. The molecule has 1 aromatic carbocycles. The summed E-state index contributed by atoms with van der Waals surface area (Å²) in [5.41, 5.74) is 4.89. The predicted octanol–water partition coefficient (Wildman–Crippen LogP) is 3.06. The van der Waals surface area contributed by atoms with Crippen molar-refractivity contribution in [2.45, 2.75) is 33.6 Å². The highest BCUT2D eigenvalue weighted by molar-refractivity contribution is 6.31. The number of hydrogen-bond donors (Lipinski definition) is 1. The number of hydrogen-bond acceptors (Lipinski definition) is 3. The molecule has 3 rings (SSSR count). The van der Waals surface area contributed by atoms with Crippen molar-refractivity contribution in [2.75, 3.05) is 26.7 Å². The van der Waals surface area contributed by atoms with Gasteiger partial charge in [-0.3, -0.25) is 4.79 Å². The van der Waals surface area contributed by atoms with Crippen molar-refractivity contribution in [1.29, 1.82) is 0 Å². The van der Waals surface area contributed by atoms with E-state index in [1.54, 1.807) is 0 Å². The van der Waals surface area contributed by atoms with E-state index < -0.39 is 0 Å². The van der Waals surface area contributed by atoms with Crippen LogP contribution in [0.5, 0.6) is 0 Å². The molecule has 2 heterocycles. The summed E-state index contributed by atoms with van der Waals surface area (Å²) in [7, 11) is 1.96. The van der Waals surface area contributed by atoms with Gasteiger partial charge in [0.15, 0.2) is 0 Å². The Balaban J connectivity index is 1.78. The fourth-order valence-corrected chi connectivity index (χ4v) is 3.85. The number of carbonyl (C=O) groups excluding carboxylic acids is 1. The van der Waals surface area contributed by atoms with Gasteiger partial charge < -0.3 is 10.2 Å². The molecule has 0 aliphatic carbocycles. The summed E-state index contributed by atoms with van der Waals surface area (Å²) in [6, 6.07) is 5.92. The summed E-state index contributed by atoms with van der Waals surface area (Å²) < 4.78 is 1.89. The summed E-state index contributed by atoms with van der Waals surface area (Å²) in [4.78, 5) is 14.7. The average molecular weight is 375 g/mol. The van der Waals surface area contributed by atoms with Crippen molar-refractivity contribution in [1.82, 2.24) is 20.0 Å². The Labute approximate surface area is 160 Å². The van der Waals surface area contributed by atoms with Crippen LogP contribution in [-0.2, 0) is 11.2 Å². The van der Waals surface area contributed by atoms with Gasteiger partial charge in [0.25, 0.3) is 0 Å². The molecule has 1 aliphatic heterocycles. The quantitative estimate of drug-likeness (QED) is 0.875. The van der Waals surface area contributed by atoms with Gasteiger partial charge in [-0.2, -0.15) is 5.10 Å².